The van der Waals surface area contributed by atoms with Crippen LogP contribution in [0.4, 0.5) is 4.39 Å². The van der Waals surface area contributed by atoms with Gasteiger partial charge in [0.25, 0.3) is 5.56 Å². The monoisotopic (exact) mass is 219 g/mol. The van der Waals surface area contributed by atoms with Crippen LogP contribution in [0.15, 0.2) is 41.2 Å². The molecule has 1 aromatic carbocycles. The van der Waals surface area contributed by atoms with Gasteiger partial charge in [-0.25, -0.2) is 4.39 Å². The van der Waals surface area contributed by atoms with Crippen molar-refractivity contribution in [1.82, 2.24) is 4.98 Å². The van der Waals surface area contributed by atoms with Crippen LogP contribution in [0, 0.1) is 5.82 Å². The lowest BCUT2D eigenvalue weighted by Gasteiger charge is -2.02. The molecule has 1 heterocycles. The molecule has 0 saturated carbocycles. The van der Waals surface area contributed by atoms with Gasteiger partial charge in [0.2, 0.25) is 0 Å². The SMILES string of the molecule is O=c1[nH]c(CO)ccc1-c1cccc(F)c1. The molecular weight excluding hydrogens is 209 g/mol. The number of hydrogen-bond acceptors (Lipinski definition) is 2. The summed E-state index contributed by atoms with van der Waals surface area (Å²) in [6, 6.07) is 8.99. The number of hydrogen-bond donors (Lipinski definition) is 2. The Morgan fingerprint density at radius 1 is 1.25 bits per heavy atom. The third-order valence-electron chi connectivity index (χ3n) is 2.28. The van der Waals surface area contributed by atoms with Crippen molar-refractivity contribution >= 4 is 0 Å². The van der Waals surface area contributed by atoms with Gasteiger partial charge in [-0.15, -0.1) is 0 Å². The Morgan fingerprint density at radius 3 is 2.69 bits per heavy atom. The van der Waals surface area contributed by atoms with E-state index in [0.717, 1.165) is 0 Å². The Bertz CT molecular complexity index is 563. The van der Waals surface area contributed by atoms with Crippen molar-refractivity contribution in [3.63, 3.8) is 0 Å². The molecule has 0 fully saturated rings. The van der Waals surface area contributed by atoms with Gasteiger partial charge in [0.05, 0.1) is 6.61 Å². The fourth-order valence-corrected chi connectivity index (χ4v) is 1.49. The number of aliphatic hydroxyl groups excluding tert-OH is 1. The first kappa shape index (κ1) is 10.6. The van der Waals surface area contributed by atoms with Gasteiger partial charge in [-0.3, -0.25) is 4.79 Å². The Labute approximate surface area is 91.2 Å². The number of aromatic amines is 1. The zero-order chi connectivity index (χ0) is 11.5. The Balaban J connectivity index is 2.53. The van der Waals surface area contributed by atoms with Gasteiger partial charge in [-0.2, -0.15) is 0 Å². The third-order valence-corrected chi connectivity index (χ3v) is 2.28. The van der Waals surface area contributed by atoms with Crippen LogP contribution in [0.3, 0.4) is 0 Å². The fourth-order valence-electron chi connectivity index (χ4n) is 1.49. The predicted molar refractivity (Wildman–Crippen MR) is 58.4 cm³/mol. The summed E-state index contributed by atoms with van der Waals surface area (Å²) in [5, 5.41) is 8.84. The second kappa shape index (κ2) is 4.28. The van der Waals surface area contributed by atoms with Crippen LogP contribution in [0.25, 0.3) is 11.1 Å². The van der Waals surface area contributed by atoms with Crippen LogP contribution in [0.2, 0.25) is 0 Å². The van der Waals surface area contributed by atoms with Crippen LogP contribution in [-0.4, -0.2) is 10.1 Å². The molecule has 4 heteroatoms. The van der Waals surface area contributed by atoms with E-state index in [2.05, 4.69) is 4.98 Å². The maximum Gasteiger partial charge on any atom is 0.256 e. The van der Waals surface area contributed by atoms with E-state index in [4.69, 9.17) is 5.11 Å². The summed E-state index contributed by atoms with van der Waals surface area (Å²) in [5.41, 5.74) is 1.00. The molecule has 0 amide bonds. The quantitative estimate of drug-likeness (QED) is 0.807. The highest BCUT2D eigenvalue weighted by Crippen LogP contribution is 2.15. The largest absolute Gasteiger partial charge is 0.390 e. The van der Waals surface area contributed by atoms with E-state index >= 15 is 0 Å². The lowest BCUT2D eigenvalue weighted by molar-refractivity contribution is 0.276. The minimum atomic E-state index is -0.386. The number of aromatic nitrogens is 1. The molecule has 0 unspecified atom stereocenters. The van der Waals surface area contributed by atoms with Gasteiger partial charge in [-0.1, -0.05) is 12.1 Å². The summed E-state index contributed by atoms with van der Waals surface area (Å²) in [4.78, 5) is 14.1. The molecule has 0 atom stereocenters. The number of benzene rings is 1. The number of rotatable bonds is 2. The van der Waals surface area contributed by atoms with Crippen molar-refractivity contribution < 1.29 is 9.50 Å². The molecule has 0 aliphatic carbocycles. The summed E-state index contributed by atoms with van der Waals surface area (Å²) in [5.74, 6) is -0.386. The average molecular weight is 219 g/mol. The van der Waals surface area contributed by atoms with Crippen molar-refractivity contribution in [3.05, 3.63) is 58.3 Å². The highest BCUT2D eigenvalue weighted by Gasteiger charge is 2.04. The van der Waals surface area contributed by atoms with Crippen molar-refractivity contribution in [2.24, 2.45) is 0 Å². The molecule has 2 N–H and O–H groups in total. The standard InChI is InChI=1S/C12H10FNO2/c13-9-3-1-2-8(6-9)11-5-4-10(7-15)14-12(11)16/h1-6,15H,7H2,(H,14,16). The number of pyridine rings is 1. The normalized spacial score (nSPS) is 10.4. The summed E-state index contributed by atoms with van der Waals surface area (Å²) >= 11 is 0. The first-order valence-corrected chi connectivity index (χ1v) is 4.79. The lowest BCUT2D eigenvalue weighted by Crippen LogP contribution is -2.11. The molecule has 0 spiro atoms. The van der Waals surface area contributed by atoms with Gasteiger partial charge in [0.15, 0.2) is 0 Å². The van der Waals surface area contributed by atoms with Gasteiger partial charge in [-0.05, 0) is 29.8 Å². The van der Waals surface area contributed by atoms with Gasteiger partial charge in [0.1, 0.15) is 5.82 Å². The predicted octanol–water partition coefficient (Wildman–Crippen LogP) is 1.67. The molecule has 3 nitrogen and oxygen atoms in total. The molecule has 2 rings (SSSR count). The molecule has 82 valence electrons. The molecule has 2 aromatic rings. The van der Waals surface area contributed by atoms with Crippen LogP contribution in [0.5, 0.6) is 0 Å². The fraction of sp³-hybridized carbons (Fsp3) is 0.0833. The van der Waals surface area contributed by atoms with Crippen LogP contribution < -0.4 is 5.56 Å². The van der Waals surface area contributed by atoms with Crippen molar-refractivity contribution in [2.75, 3.05) is 0 Å². The van der Waals surface area contributed by atoms with Crippen LogP contribution >= 0.6 is 0 Å². The minimum Gasteiger partial charge on any atom is -0.390 e. The molecule has 1 aromatic heterocycles. The van der Waals surface area contributed by atoms with Crippen LogP contribution in [-0.2, 0) is 6.61 Å². The highest BCUT2D eigenvalue weighted by molar-refractivity contribution is 5.62. The van der Waals surface area contributed by atoms with Gasteiger partial charge in [0, 0.05) is 11.3 Å². The van der Waals surface area contributed by atoms with E-state index in [1.165, 1.54) is 12.1 Å². The zero-order valence-electron chi connectivity index (χ0n) is 8.40. The first-order chi connectivity index (χ1) is 7.70. The van der Waals surface area contributed by atoms with E-state index < -0.39 is 0 Å². The zero-order valence-corrected chi connectivity index (χ0v) is 8.40. The van der Waals surface area contributed by atoms with E-state index in [0.29, 0.717) is 16.8 Å². The Hall–Kier alpha value is -1.94. The topological polar surface area (TPSA) is 53.1 Å². The summed E-state index contributed by atoms with van der Waals surface area (Å²) < 4.78 is 13.0. The van der Waals surface area contributed by atoms with Crippen LogP contribution in [0.1, 0.15) is 5.69 Å². The average Bonchev–Trinajstić information content (AvgIpc) is 2.28. The van der Waals surface area contributed by atoms with E-state index in [9.17, 15) is 9.18 Å². The van der Waals surface area contributed by atoms with Crippen molar-refractivity contribution in [1.29, 1.82) is 0 Å². The Kier molecular flexibility index (Phi) is 2.83. The summed E-state index contributed by atoms with van der Waals surface area (Å²) in [7, 11) is 0. The molecule has 0 radical (unpaired) electrons. The van der Waals surface area contributed by atoms with Gasteiger partial charge >= 0.3 is 0 Å². The molecule has 0 saturated heterocycles. The molecule has 0 aliphatic rings. The smallest absolute Gasteiger partial charge is 0.256 e. The number of aliphatic hydroxyl groups is 1. The summed E-state index contributed by atoms with van der Waals surface area (Å²) in [6.45, 7) is -0.224. The van der Waals surface area contributed by atoms with E-state index in [1.807, 2.05) is 0 Å². The van der Waals surface area contributed by atoms with Crippen molar-refractivity contribution in [2.45, 2.75) is 6.61 Å². The molecular formula is C12H10FNO2. The molecule has 16 heavy (non-hydrogen) atoms. The van der Waals surface area contributed by atoms with Gasteiger partial charge < -0.3 is 10.1 Å². The minimum absolute atomic E-state index is 0.224. The molecule has 0 bridgehead atoms. The number of nitrogens with one attached hydrogen (secondary N) is 1. The van der Waals surface area contributed by atoms with E-state index in [-0.39, 0.29) is 18.0 Å². The first-order valence-electron chi connectivity index (χ1n) is 4.79. The third kappa shape index (κ3) is 2.01. The van der Waals surface area contributed by atoms with Crippen molar-refractivity contribution in [3.8, 4) is 11.1 Å². The number of halogens is 1. The maximum absolute atomic E-state index is 13.0. The number of H-pyrrole nitrogens is 1. The second-order valence-corrected chi connectivity index (χ2v) is 3.39. The molecule has 0 aliphatic heterocycles. The maximum atomic E-state index is 13.0. The summed E-state index contributed by atoms with van der Waals surface area (Å²) in [6.07, 6.45) is 0. The second-order valence-electron chi connectivity index (χ2n) is 3.39. The van der Waals surface area contributed by atoms with E-state index in [1.54, 1.807) is 24.3 Å². The lowest BCUT2D eigenvalue weighted by atomic mass is 10.1. The highest BCUT2D eigenvalue weighted by atomic mass is 19.1. The Morgan fingerprint density at radius 2 is 2.06 bits per heavy atom.